The van der Waals surface area contributed by atoms with Crippen molar-refractivity contribution in [3.63, 3.8) is 0 Å². The third-order valence-electron chi connectivity index (χ3n) is 3.52. The predicted molar refractivity (Wildman–Crippen MR) is 73.1 cm³/mol. The molecule has 1 aliphatic carbocycles. The van der Waals surface area contributed by atoms with E-state index in [1.54, 1.807) is 0 Å². The molecule has 0 saturated heterocycles. The van der Waals surface area contributed by atoms with Crippen LogP contribution in [-0.2, 0) is 18.7 Å². The maximum absolute atomic E-state index is 6.13. The van der Waals surface area contributed by atoms with E-state index in [1.807, 2.05) is 12.1 Å². The fourth-order valence-corrected chi connectivity index (χ4v) is 3.32. The topological polar surface area (TPSA) is 12.9 Å². The zero-order valence-corrected chi connectivity index (χ0v) is 11.2. The van der Waals surface area contributed by atoms with Gasteiger partial charge in [0.25, 0.3) is 0 Å². The quantitative estimate of drug-likeness (QED) is 0.696. The minimum Gasteiger partial charge on any atom is -0.252 e. The maximum atomic E-state index is 6.13. The molecule has 0 aliphatic heterocycles. The molecule has 1 aliphatic rings. The Morgan fingerprint density at radius 3 is 2.88 bits per heavy atom. The van der Waals surface area contributed by atoms with Gasteiger partial charge in [0.05, 0.1) is 5.52 Å². The van der Waals surface area contributed by atoms with Crippen LogP contribution in [0.1, 0.15) is 28.8 Å². The van der Waals surface area contributed by atoms with Crippen molar-refractivity contribution < 1.29 is 0 Å². The molecule has 2 aromatic rings. The molecule has 0 unspecified atom stereocenters. The highest BCUT2D eigenvalue weighted by molar-refractivity contribution is 6.31. The molecular formula is C14H13Cl2N. The van der Waals surface area contributed by atoms with E-state index in [4.69, 9.17) is 28.2 Å². The Balaban J connectivity index is 2.45. The Kier molecular flexibility index (Phi) is 2.76. The van der Waals surface area contributed by atoms with Crippen LogP contribution in [0.15, 0.2) is 12.1 Å². The first-order valence-electron chi connectivity index (χ1n) is 5.87. The summed E-state index contributed by atoms with van der Waals surface area (Å²) in [5.41, 5.74) is 6.02. The van der Waals surface area contributed by atoms with Crippen molar-refractivity contribution in [2.75, 3.05) is 0 Å². The molecule has 1 heterocycles. The molecule has 0 amide bonds. The smallest absolute Gasteiger partial charge is 0.0738 e. The number of fused-ring (bicyclic) bond motifs is 2. The minimum absolute atomic E-state index is 0.543. The SMILES string of the molecule is Cc1cc(Cl)cc2c(CCl)c3c(nc12)CCC3. The Labute approximate surface area is 111 Å². The highest BCUT2D eigenvalue weighted by Crippen LogP contribution is 2.33. The van der Waals surface area contributed by atoms with E-state index in [9.17, 15) is 0 Å². The molecule has 0 spiro atoms. The molecule has 0 atom stereocenters. The number of alkyl halides is 1. The second-order valence-electron chi connectivity index (χ2n) is 4.62. The molecule has 0 saturated carbocycles. The fraction of sp³-hybridized carbons (Fsp3) is 0.357. The molecular weight excluding hydrogens is 253 g/mol. The van der Waals surface area contributed by atoms with E-state index < -0.39 is 0 Å². The van der Waals surface area contributed by atoms with Gasteiger partial charge in [-0.3, -0.25) is 4.98 Å². The number of aryl methyl sites for hydroxylation is 2. The molecule has 1 aromatic carbocycles. The average Bonchev–Trinajstić information content (AvgIpc) is 2.74. The predicted octanol–water partition coefficient (Wildman–Crippen LogP) is 4.42. The first-order valence-corrected chi connectivity index (χ1v) is 6.78. The Morgan fingerprint density at radius 1 is 1.29 bits per heavy atom. The van der Waals surface area contributed by atoms with E-state index in [0.717, 1.165) is 34.3 Å². The van der Waals surface area contributed by atoms with Crippen molar-refractivity contribution in [3.8, 4) is 0 Å². The van der Waals surface area contributed by atoms with E-state index in [1.165, 1.54) is 23.2 Å². The number of halogens is 2. The molecule has 0 fully saturated rings. The van der Waals surface area contributed by atoms with Crippen molar-refractivity contribution in [2.45, 2.75) is 32.1 Å². The summed E-state index contributed by atoms with van der Waals surface area (Å²) in [6.07, 6.45) is 3.37. The summed E-state index contributed by atoms with van der Waals surface area (Å²) in [5, 5.41) is 1.90. The van der Waals surface area contributed by atoms with Crippen LogP contribution in [0.2, 0.25) is 5.02 Å². The van der Waals surface area contributed by atoms with E-state index >= 15 is 0 Å². The lowest BCUT2D eigenvalue weighted by molar-refractivity contribution is 0.899. The van der Waals surface area contributed by atoms with Crippen molar-refractivity contribution in [3.05, 3.63) is 39.5 Å². The Bertz CT molecular complexity index is 605. The first-order chi connectivity index (χ1) is 8.20. The van der Waals surface area contributed by atoms with Crippen LogP contribution >= 0.6 is 23.2 Å². The zero-order valence-electron chi connectivity index (χ0n) is 9.69. The van der Waals surface area contributed by atoms with Gasteiger partial charge in [-0.25, -0.2) is 0 Å². The van der Waals surface area contributed by atoms with Gasteiger partial charge >= 0.3 is 0 Å². The van der Waals surface area contributed by atoms with Gasteiger partial charge in [0, 0.05) is 22.0 Å². The van der Waals surface area contributed by atoms with Crippen LogP contribution in [-0.4, -0.2) is 4.98 Å². The summed E-state index contributed by atoms with van der Waals surface area (Å²) >= 11 is 12.3. The number of aromatic nitrogens is 1. The second kappa shape index (κ2) is 4.15. The Hall–Kier alpha value is -0.790. The van der Waals surface area contributed by atoms with Gasteiger partial charge in [-0.05, 0) is 55.0 Å². The number of nitrogens with zero attached hydrogens (tertiary/aromatic N) is 1. The number of pyridine rings is 1. The highest BCUT2D eigenvalue weighted by Gasteiger charge is 2.19. The van der Waals surface area contributed by atoms with Crippen LogP contribution in [0.4, 0.5) is 0 Å². The average molecular weight is 266 g/mol. The van der Waals surface area contributed by atoms with Gasteiger partial charge in [0.2, 0.25) is 0 Å². The molecule has 3 heteroatoms. The van der Waals surface area contributed by atoms with Crippen LogP contribution in [0, 0.1) is 6.92 Å². The van der Waals surface area contributed by atoms with Crippen LogP contribution in [0.3, 0.4) is 0 Å². The van der Waals surface area contributed by atoms with Crippen molar-refractivity contribution in [1.29, 1.82) is 0 Å². The van der Waals surface area contributed by atoms with Crippen LogP contribution in [0.25, 0.3) is 10.9 Å². The normalized spacial score (nSPS) is 14.3. The third kappa shape index (κ3) is 1.73. The molecule has 0 radical (unpaired) electrons. The fourth-order valence-electron chi connectivity index (χ4n) is 2.74. The number of benzene rings is 1. The van der Waals surface area contributed by atoms with E-state index in [2.05, 4.69) is 6.92 Å². The van der Waals surface area contributed by atoms with Gasteiger partial charge in [-0.1, -0.05) is 11.6 Å². The zero-order chi connectivity index (χ0) is 12.0. The van der Waals surface area contributed by atoms with Crippen LogP contribution < -0.4 is 0 Å². The largest absolute Gasteiger partial charge is 0.252 e. The Morgan fingerprint density at radius 2 is 2.12 bits per heavy atom. The van der Waals surface area contributed by atoms with Gasteiger partial charge in [-0.15, -0.1) is 11.6 Å². The summed E-state index contributed by atoms with van der Waals surface area (Å²) in [6.45, 7) is 2.06. The van der Waals surface area contributed by atoms with E-state index in [0.29, 0.717) is 5.88 Å². The molecule has 0 N–H and O–H groups in total. The summed E-state index contributed by atoms with van der Waals surface area (Å²) in [6, 6.07) is 3.96. The van der Waals surface area contributed by atoms with Gasteiger partial charge in [-0.2, -0.15) is 0 Å². The summed E-state index contributed by atoms with van der Waals surface area (Å²) in [5.74, 6) is 0.543. The third-order valence-corrected chi connectivity index (χ3v) is 4.01. The summed E-state index contributed by atoms with van der Waals surface area (Å²) < 4.78 is 0. The summed E-state index contributed by atoms with van der Waals surface area (Å²) in [7, 11) is 0. The first kappa shape index (κ1) is 11.3. The highest BCUT2D eigenvalue weighted by atomic mass is 35.5. The lowest BCUT2D eigenvalue weighted by Gasteiger charge is -2.12. The standard InChI is InChI=1S/C14H13Cl2N/c1-8-5-9(16)6-11-12(7-15)10-3-2-4-13(10)17-14(8)11/h5-6H,2-4,7H2,1H3. The summed E-state index contributed by atoms with van der Waals surface area (Å²) in [4.78, 5) is 4.79. The molecule has 1 nitrogen and oxygen atoms in total. The van der Waals surface area contributed by atoms with Gasteiger partial charge < -0.3 is 0 Å². The molecule has 17 heavy (non-hydrogen) atoms. The monoisotopic (exact) mass is 265 g/mol. The number of hydrogen-bond acceptors (Lipinski definition) is 1. The molecule has 3 rings (SSSR count). The maximum Gasteiger partial charge on any atom is 0.0738 e. The van der Waals surface area contributed by atoms with Crippen LogP contribution in [0.5, 0.6) is 0 Å². The minimum atomic E-state index is 0.543. The van der Waals surface area contributed by atoms with Gasteiger partial charge in [0.15, 0.2) is 0 Å². The second-order valence-corrected chi connectivity index (χ2v) is 5.33. The number of rotatable bonds is 1. The van der Waals surface area contributed by atoms with Crippen molar-refractivity contribution >= 4 is 34.1 Å². The molecule has 0 bridgehead atoms. The lowest BCUT2D eigenvalue weighted by atomic mass is 10.0. The number of hydrogen-bond donors (Lipinski definition) is 0. The van der Waals surface area contributed by atoms with Gasteiger partial charge in [0.1, 0.15) is 0 Å². The molecule has 88 valence electrons. The molecule has 1 aromatic heterocycles. The van der Waals surface area contributed by atoms with E-state index in [-0.39, 0.29) is 0 Å². The lowest BCUT2D eigenvalue weighted by Crippen LogP contribution is -1.98. The van der Waals surface area contributed by atoms with Crippen molar-refractivity contribution in [1.82, 2.24) is 4.98 Å². The van der Waals surface area contributed by atoms with Crippen molar-refractivity contribution in [2.24, 2.45) is 0 Å².